The van der Waals surface area contributed by atoms with E-state index < -0.39 is 46.5 Å². The van der Waals surface area contributed by atoms with Crippen molar-refractivity contribution in [1.29, 1.82) is 10.5 Å². The first-order chi connectivity index (χ1) is 72.5. The maximum atomic E-state index is 17.3. The lowest BCUT2D eigenvalue weighted by Crippen LogP contribution is -2.15. The SMILES string of the molecule is [C-]#[N+]c1ccc(N(c2c(F)cc(F)cc2-c2cccc(-c3ccccc3)c2)c2ccc3ccc4c(N(c5ccc(C#N)cc5)c5c(F)cc(F)cc5-c5cccc(-c6ccccc6)c5)ccc5ccc2c3c54)cc1.[C-]#[N+]c1ccc(N(c2c(F)cc(F)cc2-c2ccccc2-c2ccccc2)c2ccc3ccc4c(N(c5ccc(C#N)cc5)c5c(F)cc(F)cc5-c5ccccc5-c5ccccc5)ccc5ccc2c3c54)cc1. The van der Waals surface area contributed by atoms with Crippen LogP contribution in [0, 0.1) is 82.3 Å². The Bertz CT molecular complexity index is 8960. The van der Waals surface area contributed by atoms with Gasteiger partial charge in [-0.1, -0.05) is 303 Å². The van der Waals surface area contributed by atoms with E-state index in [1.54, 1.807) is 117 Å². The van der Waals surface area contributed by atoms with Crippen molar-refractivity contribution >= 4 is 144 Å². The van der Waals surface area contributed by atoms with Crippen molar-refractivity contribution in [2.24, 2.45) is 0 Å². The van der Waals surface area contributed by atoms with Crippen molar-refractivity contribution in [3.05, 3.63) is 542 Å². The highest BCUT2D eigenvalue weighted by Gasteiger charge is 2.34. The van der Waals surface area contributed by atoms with Crippen LogP contribution in [0.1, 0.15) is 11.1 Å². The van der Waals surface area contributed by atoms with E-state index in [1.165, 1.54) is 24.3 Å². The minimum absolute atomic E-state index is 0.0966. The van der Waals surface area contributed by atoms with Gasteiger partial charge < -0.3 is 19.6 Å². The van der Waals surface area contributed by atoms with E-state index in [-0.39, 0.29) is 22.7 Å². The normalized spacial score (nSPS) is 11.2. The van der Waals surface area contributed by atoms with E-state index >= 15 is 35.1 Å². The summed E-state index contributed by atoms with van der Waals surface area (Å²) in [5, 5.41) is 29.4. The third kappa shape index (κ3) is 16.8. The van der Waals surface area contributed by atoms with Crippen molar-refractivity contribution in [3.63, 3.8) is 0 Å². The standard InChI is InChI=1S/2C66H38F4N4/c1-72-48-26-30-50(31-27-48)74(66-58(37-47(68)39-60(66)70)54-19-11-9-17-52(54)43-14-6-3-7-15-43)62-35-25-45-22-32-55-61(34-24-44-23-33-56(62)64(45)63(44)55)73(49-28-20-41(40-71)21-29-49)65-57(36-46(67)38-59(65)69)53-18-10-8-16-51(53)42-12-4-2-5-13-42;1-72-52-24-28-54(29-25-52)74(66-58(37-51(68)39-60(66)70)49-17-9-15-47(35-49)43-12-6-3-7-13-43)62-33-23-45-20-30-55-61(32-22-44-21-31-56(62)64(45)63(44)55)73(53-26-18-41(40-71)19-27-53)65-57(36-50(67)38-59(65)69)48-16-8-14-46(34-48)42-10-4-2-5-11-42/h2*2-39H. The van der Waals surface area contributed by atoms with Crippen molar-refractivity contribution < 1.29 is 35.1 Å². The summed E-state index contributed by atoms with van der Waals surface area (Å²) in [5.74, 6) is -6.16. The topological polar surface area (TPSA) is 69.3 Å². The molecule has 0 amide bonds. The summed E-state index contributed by atoms with van der Waals surface area (Å²) in [4.78, 5) is 14.4. The highest BCUT2D eigenvalue weighted by molar-refractivity contribution is 6.30. The number of anilines is 12. The fourth-order valence-corrected chi connectivity index (χ4v) is 20.8. The first-order valence-corrected chi connectivity index (χ1v) is 47.7. The molecular formula is C132H76F8N8. The Kier molecular flexibility index (Phi) is 24.0. The fraction of sp³-hybridized carbons (Fsp3) is 0. The van der Waals surface area contributed by atoms with Crippen LogP contribution in [0.5, 0.6) is 0 Å². The number of halogens is 8. The quantitative estimate of drug-likeness (QED) is 0.0430. The molecule has 0 aliphatic carbocycles. The molecule has 0 N–H and O–H groups in total. The molecule has 0 atom stereocenters. The van der Waals surface area contributed by atoms with Gasteiger partial charge in [0.1, 0.15) is 23.3 Å². The molecule has 0 fully saturated rings. The van der Waals surface area contributed by atoms with Gasteiger partial charge in [-0.15, -0.1) is 0 Å². The van der Waals surface area contributed by atoms with Crippen LogP contribution in [0.25, 0.3) is 163 Å². The molecule has 700 valence electrons. The van der Waals surface area contributed by atoms with Crippen LogP contribution >= 0.6 is 0 Å². The molecule has 0 radical (unpaired) electrons. The molecule has 0 aromatic heterocycles. The van der Waals surface area contributed by atoms with Crippen LogP contribution in [0.2, 0.25) is 0 Å². The molecule has 0 bridgehead atoms. The van der Waals surface area contributed by atoms with Gasteiger partial charge in [0.2, 0.25) is 0 Å². The molecule has 24 rings (SSSR count). The number of nitrogens with zero attached hydrogens (tertiary/aromatic N) is 8. The van der Waals surface area contributed by atoms with Crippen molar-refractivity contribution in [3.8, 4) is 101 Å². The van der Waals surface area contributed by atoms with Crippen LogP contribution in [-0.4, -0.2) is 0 Å². The molecule has 0 heterocycles. The number of rotatable bonds is 20. The number of benzene rings is 24. The summed E-state index contributed by atoms with van der Waals surface area (Å²) >= 11 is 0. The number of nitriles is 2. The Morgan fingerprint density at radius 3 is 0.716 bits per heavy atom. The van der Waals surface area contributed by atoms with Crippen LogP contribution in [0.4, 0.5) is 115 Å². The van der Waals surface area contributed by atoms with Gasteiger partial charge in [0, 0.05) is 90.8 Å². The van der Waals surface area contributed by atoms with E-state index in [9.17, 15) is 10.5 Å². The zero-order valence-corrected chi connectivity index (χ0v) is 78.5. The number of hydrogen-bond acceptors (Lipinski definition) is 6. The van der Waals surface area contributed by atoms with Crippen molar-refractivity contribution in [2.45, 2.75) is 0 Å². The summed E-state index contributed by atoms with van der Waals surface area (Å²) in [6, 6.07) is 141. The molecule has 16 heteroatoms. The second-order valence-electron chi connectivity index (χ2n) is 36.0. The van der Waals surface area contributed by atoms with E-state index in [4.69, 9.17) is 13.1 Å². The zero-order valence-electron chi connectivity index (χ0n) is 78.5. The average molecular weight is 1930 g/mol. The Hall–Kier alpha value is -20.0. The highest BCUT2D eigenvalue weighted by Crippen LogP contribution is 2.57. The summed E-state index contributed by atoms with van der Waals surface area (Å²) in [6.07, 6.45) is 0. The molecule has 24 aromatic carbocycles. The number of hydrogen-bond donors (Lipinski definition) is 0. The maximum absolute atomic E-state index is 17.3. The Morgan fingerprint density at radius 2 is 0.432 bits per heavy atom. The molecule has 0 saturated carbocycles. The lowest BCUT2D eigenvalue weighted by atomic mass is 9.90. The van der Waals surface area contributed by atoms with Crippen LogP contribution < -0.4 is 19.6 Å². The Balaban J connectivity index is 0.000000163. The lowest BCUT2D eigenvalue weighted by molar-refractivity contribution is 0.584. The third-order valence-electron chi connectivity index (χ3n) is 27.4. The largest absolute Gasteiger partial charge is 0.307 e. The maximum Gasteiger partial charge on any atom is 0.187 e. The van der Waals surface area contributed by atoms with E-state index in [1.807, 2.05) is 315 Å². The van der Waals surface area contributed by atoms with Crippen molar-refractivity contribution in [2.75, 3.05) is 19.6 Å². The Labute approximate surface area is 846 Å². The van der Waals surface area contributed by atoms with E-state index in [2.05, 4.69) is 21.8 Å². The average Bonchev–Trinajstić information content (AvgIpc) is 0.715. The minimum Gasteiger partial charge on any atom is -0.307 e. The predicted octanol–water partition coefficient (Wildman–Crippen LogP) is 38.3. The summed E-state index contributed by atoms with van der Waals surface area (Å²) in [7, 11) is 0. The molecule has 0 spiro atoms. The first kappa shape index (κ1) is 91.7. The molecule has 0 saturated heterocycles. The molecule has 0 aliphatic rings. The molecule has 24 aromatic rings. The molecule has 0 unspecified atom stereocenters. The van der Waals surface area contributed by atoms with Gasteiger partial charge in [-0.3, -0.25) is 0 Å². The Morgan fingerprint density at radius 1 is 0.196 bits per heavy atom. The third-order valence-corrected chi connectivity index (χ3v) is 27.4. The van der Waals surface area contributed by atoms with E-state index in [0.717, 1.165) is 133 Å². The second-order valence-corrected chi connectivity index (χ2v) is 36.0. The fourth-order valence-electron chi connectivity index (χ4n) is 20.8. The van der Waals surface area contributed by atoms with Gasteiger partial charge in [-0.05, 0) is 243 Å². The summed E-state index contributed by atoms with van der Waals surface area (Å²) < 4.78 is 132. The monoisotopic (exact) mass is 1920 g/mol. The predicted molar refractivity (Wildman–Crippen MR) is 584 cm³/mol. The molecular weight excluding hydrogens is 1850 g/mol. The smallest absolute Gasteiger partial charge is 0.187 e. The molecule has 0 aliphatic heterocycles. The van der Waals surface area contributed by atoms with Gasteiger partial charge in [0.05, 0.1) is 81.9 Å². The summed E-state index contributed by atoms with van der Waals surface area (Å²) in [5.41, 5.74) is 16.9. The lowest BCUT2D eigenvalue weighted by Gasteiger charge is -2.31. The van der Waals surface area contributed by atoms with Gasteiger partial charge in [-0.2, -0.15) is 10.5 Å². The van der Waals surface area contributed by atoms with E-state index in [0.29, 0.717) is 113 Å². The minimum atomic E-state index is -0.800. The van der Waals surface area contributed by atoms with Crippen LogP contribution in [-0.2, 0) is 0 Å². The van der Waals surface area contributed by atoms with Gasteiger partial charge in [0.25, 0.3) is 0 Å². The second kappa shape index (κ2) is 38.8. The highest BCUT2D eigenvalue weighted by atomic mass is 19.2. The van der Waals surface area contributed by atoms with Crippen molar-refractivity contribution in [1.82, 2.24) is 0 Å². The van der Waals surface area contributed by atoms with Crippen LogP contribution in [0.15, 0.2) is 461 Å². The summed E-state index contributed by atoms with van der Waals surface area (Å²) in [6.45, 7) is 15.5. The molecule has 148 heavy (non-hydrogen) atoms. The van der Waals surface area contributed by atoms with Gasteiger partial charge in [0.15, 0.2) is 34.6 Å². The van der Waals surface area contributed by atoms with Gasteiger partial charge in [-0.25, -0.2) is 44.8 Å². The van der Waals surface area contributed by atoms with Crippen LogP contribution in [0.3, 0.4) is 0 Å². The first-order valence-electron chi connectivity index (χ1n) is 47.7. The zero-order chi connectivity index (χ0) is 101. The molecule has 8 nitrogen and oxygen atoms in total. The van der Waals surface area contributed by atoms with Gasteiger partial charge >= 0.3 is 0 Å².